The van der Waals surface area contributed by atoms with Gasteiger partial charge in [0.2, 0.25) is 5.91 Å². The van der Waals surface area contributed by atoms with Crippen molar-refractivity contribution in [3.63, 3.8) is 0 Å². The van der Waals surface area contributed by atoms with Gasteiger partial charge in [-0.3, -0.25) is 9.59 Å². The van der Waals surface area contributed by atoms with E-state index in [9.17, 15) is 9.59 Å². The van der Waals surface area contributed by atoms with E-state index in [0.29, 0.717) is 13.1 Å². The van der Waals surface area contributed by atoms with Crippen molar-refractivity contribution in [1.29, 1.82) is 0 Å². The highest BCUT2D eigenvalue weighted by atomic mass is 16.2. The van der Waals surface area contributed by atoms with Gasteiger partial charge < -0.3 is 9.80 Å². The summed E-state index contributed by atoms with van der Waals surface area (Å²) in [4.78, 5) is 27.0. The normalized spacial score (nSPS) is 15.3. The zero-order valence-corrected chi connectivity index (χ0v) is 11.9. The summed E-state index contributed by atoms with van der Waals surface area (Å²) in [5.74, 6) is -0.232. The van der Waals surface area contributed by atoms with Gasteiger partial charge in [0.1, 0.15) is 6.54 Å². The van der Waals surface area contributed by atoms with Crippen LogP contribution in [0.15, 0.2) is 18.3 Å². The lowest BCUT2D eigenvalue weighted by molar-refractivity contribution is -0.129. The minimum Gasteiger partial charge on any atom is -0.347 e. The Kier molecular flexibility index (Phi) is 4.16. The van der Waals surface area contributed by atoms with Crippen LogP contribution in [0.2, 0.25) is 0 Å². The Morgan fingerprint density at radius 2 is 2.00 bits per heavy atom. The molecule has 1 aromatic heterocycles. The summed E-state index contributed by atoms with van der Waals surface area (Å²) in [5, 5.41) is 7.67. The number of rotatable bonds is 3. The summed E-state index contributed by atoms with van der Waals surface area (Å²) in [6.45, 7) is 5.34. The van der Waals surface area contributed by atoms with Crippen LogP contribution in [0.25, 0.3) is 0 Å². The molecule has 2 heterocycles. The molecule has 7 nitrogen and oxygen atoms in total. The number of hydrogen-bond acceptors (Lipinski definition) is 4. The Bertz CT molecular complexity index is 525. The van der Waals surface area contributed by atoms with Crippen LogP contribution in [-0.2, 0) is 11.3 Å². The molecule has 20 heavy (non-hydrogen) atoms. The molecule has 0 saturated carbocycles. The Morgan fingerprint density at radius 1 is 1.35 bits per heavy atom. The molecule has 0 aromatic carbocycles. The van der Waals surface area contributed by atoms with E-state index in [0.717, 1.165) is 12.8 Å². The average Bonchev–Trinajstić information content (AvgIpc) is 2.87. The van der Waals surface area contributed by atoms with E-state index in [1.54, 1.807) is 19.0 Å². The summed E-state index contributed by atoms with van der Waals surface area (Å²) >= 11 is 0. The molecule has 1 saturated heterocycles. The lowest BCUT2D eigenvalue weighted by atomic mass is 10.1. The number of carbonyl (C=O) groups is 2. The van der Waals surface area contributed by atoms with Crippen molar-refractivity contribution in [3.05, 3.63) is 24.0 Å². The third-order valence-corrected chi connectivity index (χ3v) is 3.31. The lowest BCUT2D eigenvalue weighted by Gasteiger charge is -2.27. The van der Waals surface area contributed by atoms with Crippen LogP contribution in [0, 0.1) is 0 Å². The number of nitrogens with zero attached hydrogens (tertiary/aromatic N) is 5. The summed E-state index contributed by atoms with van der Waals surface area (Å²) in [6.07, 6.45) is 3.19. The average molecular weight is 277 g/mol. The highest BCUT2D eigenvalue weighted by molar-refractivity contribution is 5.92. The molecule has 2 amide bonds. The first-order chi connectivity index (χ1) is 9.47. The van der Waals surface area contributed by atoms with Crippen LogP contribution >= 0.6 is 0 Å². The molecule has 2 rings (SSSR count). The second kappa shape index (κ2) is 5.85. The first-order valence-corrected chi connectivity index (χ1v) is 6.53. The third-order valence-electron chi connectivity index (χ3n) is 3.31. The molecule has 0 bridgehead atoms. The Labute approximate surface area is 117 Å². The van der Waals surface area contributed by atoms with Crippen molar-refractivity contribution in [2.75, 3.05) is 27.2 Å². The molecule has 0 radical (unpaired) electrons. The van der Waals surface area contributed by atoms with Crippen LogP contribution in [-0.4, -0.2) is 63.8 Å². The van der Waals surface area contributed by atoms with Crippen LogP contribution in [0.4, 0.5) is 0 Å². The Morgan fingerprint density at radius 3 is 2.60 bits per heavy atom. The van der Waals surface area contributed by atoms with E-state index >= 15 is 0 Å². The smallest absolute Gasteiger partial charge is 0.276 e. The number of piperidine rings is 1. The fourth-order valence-electron chi connectivity index (χ4n) is 1.94. The SMILES string of the molecule is C=C1CCN(C(=O)c2cn(CC(=O)N(C)C)nn2)CC1. The van der Waals surface area contributed by atoms with Crippen molar-refractivity contribution >= 4 is 11.8 Å². The monoisotopic (exact) mass is 277 g/mol. The van der Waals surface area contributed by atoms with Gasteiger partial charge in [-0.15, -0.1) is 5.10 Å². The van der Waals surface area contributed by atoms with E-state index in [4.69, 9.17) is 0 Å². The molecular weight excluding hydrogens is 258 g/mol. The molecule has 0 N–H and O–H groups in total. The van der Waals surface area contributed by atoms with Gasteiger partial charge in [-0.25, -0.2) is 4.68 Å². The maximum atomic E-state index is 12.2. The van der Waals surface area contributed by atoms with Crippen molar-refractivity contribution in [2.45, 2.75) is 19.4 Å². The highest BCUT2D eigenvalue weighted by Gasteiger charge is 2.22. The molecule has 1 aromatic rings. The fraction of sp³-hybridized carbons (Fsp3) is 0.538. The molecule has 7 heteroatoms. The van der Waals surface area contributed by atoms with Crippen molar-refractivity contribution < 1.29 is 9.59 Å². The van der Waals surface area contributed by atoms with E-state index in [1.165, 1.54) is 21.4 Å². The number of likely N-dealkylation sites (tertiary alicyclic amines) is 1. The molecule has 0 spiro atoms. The molecule has 1 fully saturated rings. The quantitative estimate of drug-likeness (QED) is 0.738. The zero-order chi connectivity index (χ0) is 14.7. The number of hydrogen-bond donors (Lipinski definition) is 0. The number of amides is 2. The second-order valence-corrected chi connectivity index (χ2v) is 5.13. The van der Waals surface area contributed by atoms with E-state index in [1.807, 2.05) is 0 Å². The number of likely N-dealkylation sites (N-methyl/N-ethyl adjacent to an activating group) is 1. The second-order valence-electron chi connectivity index (χ2n) is 5.13. The largest absolute Gasteiger partial charge is 0.347 e. The lowest BCUT2D eigenvalue weighted by Crippen LogP contribution is -2.36. The minimum atomic E-state index is -0.138. The molecule has 0 aliphatic carbocycles. The predicted octanol–water partition coefficient (Wildman–Crippen LogP) is 0.158. The van der Waals surface area contributed by atoms with E-state index in [2.05, 4.69) is 16.9 Å². The van der Waals surface area contributed by atoms with Crippen molar-refractivity contribution in [1.82, 2.24) is 24.8 Å². The number of aromatic nitrogens is 3. The van der Waals surface area contributed by atoms with Gasteiger partial charge >= 0.3 is 0 Å². The molecule has 108 valence electrons. The maximum Gasteiger partial charge on any atom is 0.276 e. The van der Waals surface area contributed by atoms with Crippen molar-refractivity contribution in [3.8, 4) is 0 Å². The van der Waals surface area contributed by atoms with Crippen LogP contribution in [0.3, 0.4) is 0 Å². The van der Waals surface area contributed by atoms with Gasteiger partial charge in [0.15, 0.2) is 5.69 Å². The predicted molar refractivity (Wildman–Crippen MR) is 73.0 cm³/mol. The summed E-state index contributed by atoms with van der Waals surface area (Å²) < 4.78 is 1.39. The fourth-order valence-corrected chi connectivity index (χ4v) is 1.94. The van der Waals surface area contributed by atoms with Crippen LogP contribution in [0.1, 0.15) is 23.3 Å². The van der Waals surface area contributed by atoms with Gasteiger partial charge in [-0.2, -0.15) is 0 Å². The van der Waals surface area contributed by atoms with Crippen LogP contribution in [0.5, 0.6) is 0 Å². The first kappa shape index (κ1) is 14.2. The zero-order valence-electron chi connectivity index (χ0n) is 11.9. The molecular formula is C13H19N5O2. The minimum absolute atomic E-state index is 0.0874. The van der Waals surface area contributed by atoms with Gasteiger partial charge in [-0.1, -0.05) is 17.4 Å². The van der Waals surface area contributed by atoms with Gasteiger partial charge in [0, 0.05) is 27.2 Å². The van der Waals surface area contributed by atoms with Crippen molar-refractivity contribution in [2.24, 2.45) is 0 Å². The van der Waals surface area contributed by atoms with Gasteiger partial charge in [-0.05, 0) is 12.8 Å². The van der Waals surface area contributed by atoms with E-state index in [-0.39, 0.29) is 24.1 Å². The topological polar surface area (TPSA) is 71.3 Å². The molecule has 0 unspecified atom stereocenters. The van der Waals surface area contributed by atoms with Crippen LogP contribution < -0.4 is 0 Å². The summed E-state index contributed by atoms with van der Waals surface area (Å²) in [6, 6.07) is 0. The van der Waals surface area contributed by atoms with Gasteiger partial charge in [0.25, 0.3) is 5.91 Å². The highest BCUT2D eigenvalue weighted by Crippen LogP contribution is 2.15. The third kappa shape index (κ3) is 3.23. The Hall–Kier alpha value is -2.18. The summed E-state index contributed by atoms with van der Waals surface area (Å²) in [5.41, 5.74) is 1.46. The van der Waals surface area contributed by atoms with Gasteiger partial charge in [0.05, 0.1) is 6.20 Å². The standard InChI is InChI=1S/C13H19N5O2/c1-10-4-6-17(7-5-10)13(20)11-8-18(15-14-11)9-12(19)16(2)3/h8H,1,4-7,9H2,2-3H3. The first-order valence-electron chi connectivity index (χ1n) is 6.53. The summed E-state index contributed by atoms with van der Waals surface area (Å²) in [7, 11) is 3.35. The number of carbonyl (C=O) groups excluding carboxylic acids is 2. The molecule has 1 aliphatic rings. The van der Waals surface area contributed by atoms with E-state index < -0.39 is 0 Å². The molecule has 1 aliphatic heterocycles. The maximum absolute atomic E-state index is 12.2. The Balaban J connectivity index is 1.99. The molecule has 0 atom stereocenters.